The second-order valence-corrected chi connectivity index (χ2v) is 8.50. The standard InChI is InChI=1S/C20H37NO3/c1-13(2)18-10-17(11-23-6)15(5)21(18)20(22)19(14(3)4)16-8-7-9-24-12-16/h13-19H,7-12H2,1-6H3/t15?,16?,17?,18-,19?/m0/s1. The van der Waals surface area contributed by atoms with Gasteiger partial charge in [0.15, 0.2) is 0 Å². The molecule has 5 atom stereocenters. The first-order chi connectivity index (χ1) is 11.4. The molecule has 2 rings (SSSR count). The third-order valence-electron chi connectivity index (χ3n) is 6.13. The van der Waals surface area contributed by atoms with Gasteiger partial charge in [0, 0.05) is 37.6 Å². The number of hydrogen-bond acceptors (Lipinski definition) is 3. The normalized spacial score (nSPS) is 32.6. The Kier molecular flexibility index (Phi) is 7.11. The number of likely N-dealkylation sites (tertiary alicyclic amines) is 1. The fraction of sp³-hybridized carbons (Fsp3) is 0.950. The molecule has 140 valence electrons. The lowest BCUT2D eigenvalue weighted by Crippen LogP contribution is -2.50. The van der Waals surface area contributed by atoms with Crippen molar-refractivity contribution in [1.29, 1.82) is 0 Å². The predicted octanol–water partition coefficient (Wildman–Crippen LogP) is 3.59. The Bertz CT molecular complexity index is 404. The molecule has 0 aliphatic carbocycles. The number of amides is 1. The molecule has 1 amide bonds. The van der Waals surface area contributed by atoms with Crippen LogP contribution in [0.1, 0.15) is 53.9 Å². The minimum absolute atomic E-state index is 0.0790. The third-order valence-corrected chi connectivity index (χ3v) is 6.13. The van der Waals surface area contributed by atoms with Gasteiger partial charge in [-0.25, -0.2) is 0 Å². The van der Waals surface area contributed by atoms with Gasteiger partial charge in [0.2, 0.25) is 5.91 Å². The van der Waals surface area contributed by atoms with Gasteiger partial charge in [0.25, 0.3) is 0 Å². The van der Waals surface area contributed by atoms with Gasteiger partial charge in [-0.15, -0.1) is 0 Å². The zero-order valence-electron chi connectivity index (χ0n) is 16.5. The lowest BCUT2D eigenvalue weighted by atomic mass is 9.79. The molecule has 2 heterocycles. The van der Waals surface area contributed by atoms with E-state index in [2.05, 4.69) is 39.5 Å². The van der Waals surface area contributed by atoms with Crippen LogP contribution in [0.25, 0.3) is 0 Å². The maximum Gasteiger partial charge on any atom is 0.226 e. The Morgan fingerprint density at radius 2 is 2.00 bits per heavy atom. The van der Waals surface area contributed by atoms with Crippen molar-refractivity contribution in [2.24, 2.45) is 29.6 Å². The fourth-order valence-electron chi connectivity index (χ4n) is 4.78. The van der Waals surface area contributed by atoms with Crippen LogP contribution in [0.4, 0.5) is 0 Å². The molecular formula is C20H37NO3. The number of methoxy groups -OCH3 is 1. The molecule has 2 aliphatic rings. The molecule has 0 N–H and O–H groups in total. The number of carbonyl (C=O) groups excluding carboxylic acids is 1. The monoisotopic (exact) mass is 339 g/mol. The van der Waals surface area contributed by atoms with Crippen molar-refractivity contribution < 1.29 is 14.3 Å². The van der Waals surface area contributed by atoms with Gasteiger partial charge in [-0.2, -0.15) is 0 Å². The quantitative estimate of drug-likeness (QED) is 0.742. The lowest BCUT2D eigenvalue weighted by molar-refractivity contribution is -0.145. The van der Waals surface area contributed by atoms with Crippen LogP contribution in [0.2, 0.25) is 0 Å². The summed E-state index contributed by atoms with van der Waals surface area (Å²) in [5.41, 5.74) is 0. The van der Waals surface area contributed by atoms with Gasteiger partial charge < -0.3 is 14.4 Å². The molecule has 4 heteroatoms. The number of hydrogen-bond donors (Lipinski definition) is 0. The molecule has 2 saturated heterocycles. The molecule has 2 aliphatic heterocycles. The van der Waals surface area contributed by atoms with E-state index in [1.165, 1.54) is 0 Å². The fourth-order valence-corrected chi connectivity index (χ4v) is 4.78. The Balaban J connectivity index is 2.21. The van der Waals surface area contributed by atoms with E-state index in [4.69, 9.17) is 9.47 Å². The van der Waals surface area contributed by atoms with Gasteiger partial charge in [-0.3, -0.25) is 4.79 Å². The first-order valence-electron chi connectivity index (χ1n) is 9.77. The van der Waals surface area contributed by atoms with Crippen molar-refractivity contribution in [1.82, 2.24) is 4.90 Å². The smallest absolute Gasteiger partial charge is 0.226 e. The summed E-state index contributed by atoms with van der Waals surface area (Å²) in [5.74, 6) is 2.08. The van der Waals surface area contributed by atoms with Crippen LogP contribution >= 0.6 is 0 Å². The van der Waals surface area contributed by atoms with E-state index in [1.807, 2.05) is 0 Å². The molecule has 0 aromatic heterocycles. The molecule has 0 aromatic carbocycles. The molecule has 4 nitrogen and oxygen atoms in total. The first kappa shape index (κ1) is 19.7. The van der Waals surface area contributed by atoms with Crippen LogP contribution in [0.3, 0.4) is 0 Å². The summed E-state index contributed by atoms with van der Waals surface area (Å²) >= 11 is 0. The largest absolute Gasteiger partial charge is 0.384 e. The second kappa shape index (κ2) is 8.66. The topological polar surface area (TPSA) is 38.8 Å². The number of carbonyl (C=O) groups is 1. The van der Waals surface area contributed by atoms with Crippen molar-refractivity contribution in [3.05, 3.63) is 0 Å². The number of ether oxygens (including phenoxy) is 2. The van der Waals surface area contributed by atoms with Crippen molar-refractivity contribution in [3.8, 4) is 0 Å². The summed E-state index contributed by atoms with van der Waals surface area (Å²) in [6.07, 6.45) is 3.26. The summed E-state index contributed by atoms with van der Waals surface area (Å²) in [6, 6.07) is 0.592. The van der Waals surface area contributed by atoms with Gasteiger partial charge in [-0.1, -0.05) is 27.7 Å². The van der Waals surface area contributed by atoms with Crippen molar-refractivity contribution in [2.45, 2.75) is 66.0 Å². The van der Waals surface area contributed by atoms with Crippen LogP contribution in [-0.2, 0) is 14.3 Å². The molecular weight excluding hydrogens is 302 g/mol. The highest BCUT2D eigenvalue weighted by Crippen LogP contribution is 2.38. The second-order valence-electron chi connectivity index (χ2n) is 8.50. The minimum Gasteiger partial charge on any atom is -0.384 e. The van der Waals surface area contributed by atoms with Crippen LogP contribution in [-0.4, -0.2) is 49.8 Å². The summed E-state index contributed by atoms with van der Waals surface area (Å²) in [5, 5.41) is 0. The number of rotatable bonds is 6. The maximum absolute atomic E-state index is 13.6. The van der Waals surface area contributed by atoms with Crippen molar-refractivity contribution in [2.75, 3.05) is 26.9 Å². The Hall–Kier alpha value is -0.610. The SMILES string of the molecule is COCC1C[C@@H](C(C)C)N(C(=O)C(C(C)C)C2CCCOC2)C1C. The van der Waals surface area contributed by atoms with Crippen LogP contribution in [0.5, 0.6) is 0 Å². The third kappa shape index (κ3) is 4.13. The molecule has 0 aromatic rings. The lowest BCUT2D eigenvalue weighted by Gasteiger charge is -2.39. The number of nitrogens with zero attached hydrogens (tertiary/aromatic N) is 1. The highest BCUT2D eigenvalue weighted by molar-refractivity contribution is 5.80. The highest BCUT2D eigenvalue weighted by atomic mass is 16.5. The van der Waals surface area contributed by atoms with E-state index in [-0.39, 0.29) is 12.0 Å². The van der Waals surface area contributed by atoms with Gasteiger partial charge >= 0.3 is 0 Å². The van der Waals surface area contributed by atoms with Crippen molar-refractivity contribution in [3.63, 3.8) is 0 Å². The first-order valence-corrected chi connectivity index (χ1v) is 9.77. The summed E-state index contributed by atoms with van der Waals surface area (Å²) < 4.78 is 11.1. The maximum atomic E-state index is 13.6. The van der Waals surface area contributed by atoms with E-state index in [1.54, 1.807) is 7.11 Å². The van der Waals surface area contributed by atoms with Crippen LogP contribution in [0, 0.1) is 29.6 Å². The predicted molar refractivity (Wildman–Crippen MR) is 96.8 cm³/mol. The average Bonchev–Trinajstić information content (AvgIpc) is 2.86. The Labute approximate surface area is 148 Å². The highest BCUT2D eigenvalue weighted by Gasteiger charge is 2.46. The minimum atomic E-state index is 0.0790. The summed E-state index contributed by atoms with van der Waals surface area (Å²) in [6.45, 7) is 13.4. The molecule has 0 bridgehead atoms. The Morgan fingerprint density at radius 3 is 2.50 bits per heavy atom. The van der Waals surface area contributed by atoms with Crippen molar-refractivity contribution >= 4 is 5.91 Å². The van der Waals surface area contributed by atoms with E-state index in [0.717, 1.165) is 39.1 Å². The summed E-state index contributed by atoms with van der Waals surface area (Å²) in [7, 11) is 1.76. The van der Waals surface area contributed by atoms with E-state index in [9.17, 15) is 4.79 Å². The molecule has 0 spiro atoms. The average molecular weight is 340 g/mol. The molecule has 2 fully saturated rings. The van der Waals surface area contributed by atoms with E-state index in [0.29, 0.717) is 35.6 Å². The zero-order valence-corrected chi connectivity index (χ0v) is 16.5. The molecule has 0 saturated carbocycles. The molecule has 24 heavy (non-hydrogen) atoms. The van der Waals surface area contributed by atoms with Gasteiger partial charge in [-0.05, 0) is 43.9 Å². The molecule has 0 radical (unpaired) electrons. The molecule has 4 unspecified atom stereocenters. The van der Waals surface area contributed by atoms with E-state index >= 15 is 0 Å². The van der Waals surface area contributed by atoms with Gasteiger partial charge in [0.1, 0.15) is 0 Å². The van der Waals surface area contributed by atoms with E-state index < -0.39 is 0 Å². The van der Waals surface area contributed by atoms with Crippen LogP contribution < -0.4 is 0 Å². The summed E-state index contributed by atoms with van der Waals surface area (Å²) in [4.78, 5) is 15.8. The van der Waals surface area contributed by atoms with Gasteiger partial charge in [0.05, 0.1) is 13.2 Å². The van der Waals surface area contributed by atoms with Crippen LogP contribution in [0.15, 0.2) is 0 Å². The Morgan fingerprint density at radius 1 is 1.29 bits per heavy atom. The zero-order chi connectivity index (χ0) is 17.9.